The quantitative estimate of drug-likeness (QED) is 0.530. The fourth-order valence-corrected chi connectivity index (χ4v) is 2.30. The normalized spacial score (nSPS) is 10.7. The molecule has 6 heteroatoms. The molecule has 0 atom stereocenters. The summed E-state index contributed by atoms with van der Waals surface area (Å²) in [5.74, 6) is -0.268. The van der Waals surface area contributed by atoms with Crippen LogP contribution in [0.4, 0.5) is 10.7 Å². The topological polar surface area (TPSA) is 72.2 Å². The van der Waals surface area contributed by atoms with E-state index in [1.807, 2.05) is 31.2 Å². The highest BCUT2D eigenvalue weighted by molar-refractivity contribution is 7.16. The van der Waals surface area contributed by atoms with E-state index in [0.29, 0.717) is 4.88 Å². The van der Waals surface area contributed by atoms with Gasteiger partial charge in [0.1, 0.15) is 0 Å². The van der Waals surface area contributed by atoms with Gasteiger partial charge in [-0.3, -0.25) is 14.9 Å². The Morgan fingerprint density at radius 1 is 1.30 bits per heavy atom. The molecule has 2 aromatic rings. The maximum Gasteiger partial charge on any atom is 0.324 e. The van der Waals surface area contributed by atoms with Crippen LogP contribution in [0.3, 0.4) is 0 Å². The molecule has 0 fully saturated rings. The zero-order valence-electron chi connectivity index (χ0n) is 10.7. The molecule has 0 unspecified atom stereocenters. The van der Waals surface area contributed by atoms with Crippen molar-refractivity contribution in [3.8, 4) is 0 Å². The van der Waals surface area contributed by atoms with Crippen molar-refractivity contribution in [2.75, 3.05) is 5.32 Å². The zero-order chi connectivity index (χ0) is 14.5. The number of para-hydroxylation sites is 1. The molecule has 1 amide bonds. The number of nitrogens with zero attached hydrogens (tertiary/aromatic N) is 1. The largest absolute Gasteiger partial charge is 0.324 e. The third-order valence-corrected chi connectivity index (χ3v) is 3.60. The Kier molecular flexibility index (Phi) is 4.27. The molecule has 5 nitrogen and oxygen atoms in total. The molecule has 0 bridgehead atoms. The number of carbonyl (C=O) groups excluding carboxylic acids is 1. The summed E-state index contributed by atoms with van der Waals surface area (Å²) in [6.45, 7) is 1.90. The smallest absolute Gasteiger partial charge is 0.322 e. The van der Waals surface area contributed by atoms with E-state index in [4.69, 9.17) is 0 Å². The van der Waals surface area contributed by atoms with Gasteiger partial charge in [0.15, 0.2) is 0 Å². The average molecular weight is 288 g/mol. The van der Waals surface area contributed by atoms with Crippen molar-refractivity contribution < 1.29 is 9.72 Å². The number of nitro groups is 1. The number of nitrogens with one attached hydrogen (secondary N) is 1. The van der Waals surface area contributed by atoms with Crippen LogP contribution in [0.2, 0.25) is 0 Å². The van der Waals surface area contributed by atoms with Crippen LogP contribution < -0.4 is 5.32 Å². The number of carbonyl (C=O) groups is 1. The van der Waals surface area contributed by atoms with Crippen LogP contribution in [-0.4, -0.2) is 10.8 Å². The van der Waals surface area contributed by atoms with Gasteiger partial charge in [-0.05, 0) is 30.7 Å². The van der Waals surface area contributed by atoms with E-state index in [0.717, 1.165) is 22.6 Å². The first-order valence-corrected chi connectivity index (χ1v) is 6.67. The summed E-state index contributed by atoms with van der Waals surface area (Å²) >= 11 is 1.03. The summed E-state index contributed by atoms with van der Waals surface area (Å²) in [5.41, 5.74) is 1.72. The van der Waals surface area contributed by atoms with Gasteiger partial charge in [0.25, 0.3) is 0 Å². The lowest BCUT2D eigenvalue weighted by Gasteiger charge is -2.04. The molecule has 102 valence electrons. The van der Waals surface area contributed by atoms with Gasteiger partial charge in [0, 0.05) is 22.7 Å². The Hall–Kier alpha value is -2.47. The maximum atomic E-state index is 11.8. The summed E-state index contributed by atoms with van der Waals surface area (Å²) < 4.78 is 0. The first kappa shape index (κ1) is 14.0. The van der Waals surface area contributed by atoms with Crippen LogP contribution in [-0.2, 0) is 4.79 Å². The molecule has 0 aliphatic rings. The Bertz CT molecular complexity index is 677. The summed E-state index contributed by atoms with van der Waals surface area (Å²) in [5, 5.41) is 13.4. The SMILES string of the molecule is Cc1ccccc1NC(=O)/C=C/c1ccc([N+](=O)[O-])s1. The zero-order valence-corrected chi connectivity index (χ0v) is 11.5. The third kappa shape index (κ3) is 3.52. The summed E-state index contributed by atoms with van der Waals surface area (Å²) in [6.07, 6.45) is 2.92. The lowest BCUT2D eigenvalue weighted by molar-refractivity contribution is -0.380. The lowest BCUT2D eigenvalue weighted by atomic mass is 10.2. The molecule has 0 spiro atoms. The van der Waals surface area contributed by atoms with Gasteiger partial charge in [-0.15, -0.1) is 0 Å². The first-order chi connectivity index (χ1) is 9.56. The van der Waals surface area contributed by atoms with Crippen molar-refractivity contribution in [3.05, 3.63) is 63.0 Å². The Balaban J connectivity index is 2.02. The Morgan fingerprint density at radius 2 is 2.05 bits per heavy atom. The average Bonchev–Trinajstić information content (AvgIpc) is 2.88. The van der Waals surface area contributed by atoms with Gasteiger partial charge < -0.3 is 5.32 Å². The number of rotatable bonds is 4. The summed E-state index contributed by atoms with van der Waals surface area (Å²) in [7, 11) is 0. The molecule has 1 aromatic heterocycles. The Morgan fingerprint density at radius 3 is 2.70 bits per heavy atom. The molecule has 20 heavy (non-hydrogen) atoms. The molecule has 0 radical (unpaired) electrons. The molecule has 1 aromatic carbocycles. The highest BCUT2D eigenvalue weighted by atomic mass is 32.1. The number of benzene rings is 1. The van der Waals surface area contributed by atoms with Crippen LogP contribution in [0, 0.1) is 17.0 Å². The fourth-order valence-electron chi connectivity index (χ4n) is 1.58. The standard InChI is InChI=1S/C14H12N2O3S/c1-10-4-2-3-5-12(10)15-13(17)8-6-11-7-9-14(20-11)16(18)19/h2-9H,1H3,(H,15,17)/b8-6+. The van der Waals surface area contributed by atoms with Crippen molar-refractivity contribution in [1.82, 2.24) is 0 Å². The van der Waals surface area contributed by atoms with Crippen LogP contribution >= 0.6 is 11.3 Å². The molecule has 2 rings (SSSR count). The molecule has 0 saturated carbocycles. The number of hydrogen-bond donors (Lipinski definition) is 1. The summed E-state index contributed by atoms with van der Waals surface area (Å²) in [6, 6.07) is 10.5. The molecule has 0 aliphatic carbocycles. The number of thiophene rings is 1. The molecule has 0 saturated heterocycles. The summed E-state index contributed by atoms with van der Waals surface area (Å²) in [4.78, 5) is 22.5. The highest BCUT2D eigenvalue weighted by Crippen LogP contribution is 2.24. The maximum absolute atomic E-state index is 11.8. The highest BCUT2D eigenvalue weighted by Gasteiger charge is 2.08. The second-order valence-electron chi connectivity index (χ2n) is 4.07. The predicted octanol–water partition coefficient (Wildman–Crippen LogP) is 3.62. The van der Waals surface area contributed by atoms with E-state index < -0.39 is 4.92 Å². The first-order valence-electron chi connectivity index (χ1n) is 5.85. The van der Waals surface area contributed by atoms with Gasteiger partial charge in [-0.2, -0.15) is 0 Å². The number of aryl methyl sites for hydroxylation is 1. The minimum Gasteiger partial charge on any atom is -0.322 e. The third-order valence-electron chi connectivity index (χ3n) is 2.59. The van der Waals surface area contributed by atoms with Crippen molar-refractivity contribution in [2.45, 2.75) is 6.92 Å². The van der Waals surface area contributed by atoms with E-state index in [9.17, 15) is 14.9 Å². The second-order valence-corrected chi connectivity index (χ2v) is 5.16. The number of amides is 1. The van der Waals surface area contributed by atoms with Crippen LogP contribution in [0.5, 0.6) is 0 Å². The predicted molar refractivity (Wildman–Crippen MR) is 79.8 cm³/mol. The van der Waals surface area contributed by atoms with Crippen LogP contribution in [0.1, 0.15) is 10.4 Å². The van der Waals surface area contributed by atoms with Gasteiger partial charge in [-0.25, -0.2) is 0 Å². The molecular formula is C14H12N2O3S. The lowest BCUT2D eigenvalue weighted by Crippen LogP contribution is -2.08. The number of hydrogen-bond acceptors (Lipinski definition) is 4. The minimum atomic E-state index is -0.449. The molecule has 1 N–H and O–H groups in total. The van der Waals surface area contributed by atoms with Crippen molar-refractivity contribution >= 4 is 34.0 Å². The fraction of sp³-hybridized carbons (Fsp3) is 0.0714. The molecular weight excluding hydrogens is 276 g/mol. The second kappa shape index (κ2) is 6.12. The molecule has 0 aliphatic heterocycles. The van der Waals surface area contributed by atoms with Crippen LogP contribution in [0.15, 0.2) is 42.5 Å². The Labute approximate surface area is 119 Å². The van der Waals surface area contributed by atoms with Gasteiger partial charge in [-0.1, -0.05) is 29.5 Å². The van der Waals surface area contributed by atoms with Crippen molar-refractivity contribution in [1.29, 1.82) is 0 Å². The van der Waals surface area contributed by atoms with E-state index in [2.05, 4.69) is 5.32 Å². The van der Waals surface area contributed by atoms with Gasteiger partial charge in [0.2, 0.25) is 5.91 Å². The number of anilines is 1. The van der Waals surface area contributed by atoms with Crippen LogP contribution in [0.25, 0.3) is 6.08 Å². The minimum absolute atomic E-state index is 0.0592. The van der Waals surface area contributed by atoms with Gasteiger partial charge >= 0.3 is 5.00 Å². The monoisotopic (exact) mass is 288 g/mol. The van der Waals surface area contributed by atoms with Gasteiger partial charge in [0.05, 0.1) is 4.92 Å². The van der Waals surface area contributed by atoms with Crippen molar-refractivity contribution in [3.63, 3.8) is 0 Å². The van der Waals surface area contributed by atoms with E-state index in [-0.39, 0.29) is 10.9 Å². The van der Waals surface area contributed by atoms with E-state index in [1.165, 1.54) is 12.1 Å². The molecule has 1 heterocycles. The van der Waals surface area contributed by atoms with E-state index in [1.54, 1.807) is 12.1 Å². The van der Waals surface area contributed by atoms with Crippen molar-refractivity contribution in [2.24, 2.45) is 0 Å². The van der Waals surface area contributed by atoms with E-state index >= 15 is 0 Å².